The van der Waals surface area contributed by atoms with Crippen LogP contribution in [0.1, 0.15) is 37.2 Å². The van der Waals surface area contributed by atoms with Crippen LogP contribution in [0.4, 0.5) is 0 Å². The van der Waals surface area contributed by atoms with Crippen molar-refractivity contribution < 1.29 is 5.11 Å². The monoisotopic (exact) mass is 179 g/mol. The second-order valence-corrected chi connectivity index (χ2v) is 3.17. The molecule has 0 amide bonds. The highest BCUT2D eigenvalue weighted by molar-refractivity contribution is 5.22. The fraction of sp³-hybridized carbons (Fsp3) is 0.545. The molecule has 0 unspecified atom stereocenters. The summed E-state index contributed by atoms with van der Waals surface area (Å²) in [6.07, 6.45) is 3.00. The standard InChI is InChI=1S/C11H17NO/c1-3-5-11-9(8-13)6-7-10(4-2)12-11/h6-7,13H,3-5,8H2,1-2H3. The fourth-order valence-electron chi connectivity index (χ4n) is 1.37. The molecule has 0 aliphatic heterocycles. The van der Waals surface area contributed by atoms with Gasteiger partial charge in [0.2, 0.25) is 0 Å². The van der Waals surface area contributed by atoms with Gasteiger partial charge in [0.25, 0.3) is 0 Å². The van der Waals surface area contributed by atoms with E-state index in [1.807, 2.05) is 12.1 Å². The fourth-order valence-corrected chi connectivity index (χ4v) is 1.37. The number of aliphatic hydroxyl groups is 1. The highest BCUT2D eigenvalue weighted by Crippen LogP contribution is 2.10. The summed E-state index contributed by atoms with van der Waals surface area (Å²) in [5.41, 5.74) is 3.14. The Morgan fingerprint density at radius 2 is 2.08 bits per heavy atom. The summed E-state index contributed by atoms with van der Waals surface area (Å²) in [6.45, 7) is 4.32. The van der Waals surface area contributed by atoms with Crippen molar-refractivity contribution in [1.29, 1.82) is 0 Å². The van der Waals surface area contributed by atoms with E-state index in [1.165, 1.54) is 0 Å². The van der Waals surface area contributed by atoms with E-state index < -0.39 is 0 Å². The third kappa shape index (κ3) is 2.52. The van der Waals surface area contributed by atoms with Gasteiger partial charge < -0.3 is 5.11 Å². The van der Waals surface area contributed by atoms with Crippen molar-refractivity contribution in [2.75, 3.05) is 0 Å². The Morgan fingerprint density at radius 1 is 1.31 bits per heavy atom. The zero-order valence-electron chi connectivity index (χ0n) is 8.38. The first-order valence-corrected chi connectivity index (χ1v) is 4.90. The first-order valence-electron chi connectivity index (χ1n) is 4.90. The summed E-state index contributed by atoms with van der Waals surface area (Å²) in [5.74, 6) is 0. The van der Waals surface area contributed by atoms with Gasteiger partial charge in [0.15, 0.2) is 0 Å². The van der Waals surface area contributed by atoms with E-state index in [0.717, 1.165) is 36.2 Å². The molecule has 0 saturated heterocycles. The average Bonchev–Trinajstić information content (AvgIpc) is 2.18. The molecular weight excluding hydrogens is 162 g/mol. The van der Waals surface area contributed by atoms with Gasteiger partial charge in [-0.1, -0.05) is 26.3 Å². The molecule has 13 heavy (non-hydrogen) atoms. The number of nitrogens with zero attached hydrogens (tertiary/aromatic N) is 1. The van der Waals surface area contributed by atoms with Crippen molar-refractivity contribution in [2.45, 2.75) is 39.7 Å². The van der Waals surface area contributed by atoms with Gasteiger partial charge in [0.05, 0.1) is 6.61 Å². The molecule has 2 heteroatoms. The Hall–Kier alpha value is -0.890. The molecule has 0 aliphatic rings. The lowest BCUT2D eigenvalue weighted by Crippen LogP contribution is -2.00. The highest BCUT2D eigenvalue weighted by Gasteiger charge is 2.02. The number of rotatable bonds is 4. The average molecular weight is 179 g/mol. The maximum Gasteiger partial charge on any atom is 0.0699 e. The zero-order valence-corrected chi connectivity index (χ0v) is 8.38. The van der Waals surface area contributed by atoms with Crippen LogP contribution < -0.4 is 0 Å². The number of hydrogen-bond donors (Lipinski definition) is 1. The minimum absolute atomic E-state index is 0.103. The number of aryl methyl sites for hydroxylation is 2. The molecule has 0 atom stereocenters. The predicted octanol–water partition coefficient (Wildman–Crippen LogP) is 2.09. The minimum Gasteiger partial charge on any atom is -0.392 e. The van der Waals surface area contributed by atoms with Crippen molar-refractivity contribution in [3.63, 3.8) is 0 Å². The third-order valence-electron chi connectivity index (χ3n) is 2.15. The van der Waals surface area contributed by atoms with Gasteiger partial charge in [-0.25, -0.2) is 0 Å². The van der Waals surface area contributed by atoms with Crippen LogP contribution in [0.5, 0.6) is 0 Å². The Kier molecular flexibility index (Phi) is 3.90. The van der Waals surface area contributed by atoms with Gasteiger partial charge in [-0.15, -0.1) is 0 Å². The molecule has 1 N–H and O–H groups in total. The summed E-state index contributed by atoms with van der Waals surface area (Å²) in [7, 11) is 0. The summed E-state index contributed by atoms with van der Waals surface area (Å²) in [4.78, 5) is 4.49. The van der Waals surface area contributed by atoms with E-state index in [0.29, 0.717) is 0 Å². The largest absolute Gasteiger partial charge is 0.392 e. The Balaban J connectivity index is 2.95. The lowest BCUT2D eigenvalue weighted by molar-refractivity contribution is 0.280. The molecule has 0 aliphatic carbocycles. The summed E-state index contributed by atoms with van der Waals surface area (Å²) in [5, 5.41) is 9.07. The molecule has 0 saturated carbocycles. The molecule has 0 fully saturated rings. The summed E-state index contributed by atoms with van der Waals surface area (Å²) >= 11 is 0. The topological polar surface area (TPSA) is 33.1 Å². The molecule has 1 rings (SSSR count). The van der Waals surface area contributed by atoms with Gasteiger partial charge in [0, 0.05) is 11.4 Å². The maximum atomic E-state index is 9.07. The molecule has 1 aromatic rings. The summed E-state index contributed by atoms with van der Waals surface area (Å²) in [6, 6.07) is 3.97. The number of aromatic nitrogens is 1. The maximum absolute atomic E-state index is 9.07. The van der Waals surface area contributed by atoms with Gasteiger partial charge >= 0.3 is 0 Å². The van der Waals surface area contributed by atoms with Gasteiger partial charge in [-0.2, -0.15) is 0 Å². The van der Waals surface area contributed by atoms with Crippen molar-refractivity contribution in [3.05, 3.63) is 29.1 Å². The molecule has 0 spiro atoms. The molecule has 72 valence electrons. The number of pyridine rings is 1. The first-order chi connectivity index (χ1) is 6.31. The van der Waals surface area contributed by atoms with Crippen molar-refractivity contribution in [3.8, 4) is 0 Å². The van der Waals surface area contributed by atoms with Crippen molar-refractivity contribution >= 4 is 0 Å². The SMILES string of the molecule is CCCc1nc(CC)ccc1CO. The molecular formula is C11H17NO. The van der Waals surface area contributed by atoms with E-state index in [-0.39, 0.29) is 6.61 Å². The van der Waals surface area contributed by atoms with Crippen LogP contribution >= 0.6 is 0 Å². The van der Waals surface area contributed by atoms with Gasteiger partial charge in [-0.05, 0) is 24.5 Å². The number of hydrogen-bond acceptors (Lipinski definition) is 2. The van der Waals surface area contributed by atoms with Crippen LogP contribution in [0.25, 0.3) is 0 Å². The molecule has 1 aromatic heterocycles. The van der Waals surface area contributed by atoms with Crippen LogP contribution in [0, 0.1) is 0 Å². The van der Waals surface area contributed by atoms with E-state index in [4.69, 9.17) is 5.11 Å². The Bertz CT molecular complexity index is 271. The van der Waals surface area contributed by atoms with Crippen LogP contribution in [0.15, 0.2) is 12.1 Å². The first kappa shape index (κ1) is 10.2. The van der Waals surface area contributed by atoms with Crippen molar-refractivity contribution in [1.82, 2.24) is 4.98 Å². The lowest BCUT2D eigenvalue weighted by atomic mass is 10.1. The molecule has 1 heterocycles. The normalized spacial score (nSPS) is 10.4. The molecule has 0 radical (unpaired) electrons. The van der Waals surface area contributed by atoms with Gasteiger partial charge in [0.1, 0.15) is 0 Å². The van der Waals surface area contributed by atoms with E-state index in [9.17, 15) is 0 Å². The van der Waals surface area contributed by atoms with Crippen molar-refractivity contribution in [2.24, 2.45) is 0 Å². The summed E-state index contributed by atoms with van der Waals surface area (Å²) < 4.78 is 0. The van der Waals surface area contributed by atoms with Crippen LogP contribution in [-0.4, -0.2) is 10.1 Å². The van der Waals surface area contributed by atoms with E-state index >= 15 is 0 Å². The Morgan fingerprint density at radius 3 is 2.62 bits per heavy atom. The Labute approximate surface area is 79.6 Å². The van der Waals surface area contributed by atoms with Gasteiger partial charge in [-0.3, -0.25) is 4.98 Å². The molecule has 0 bridgehead atoms. The van der Waals surface area contributed by atoms with Crippen LogP contribution in [0.2, 0.25) is 0 Å². The lowest BCUT2D eigenvalue weighted by Gasteiger charge is -2.06. The number of aliphatic hydroxyl groups excluding tert-OH is 1. The zero-order chi connectivity index (χ0) is 9.68. The molecule has 2 nitrogen and oxygen atoms in total. The van der Waals surface area contributed by atoms with Crippen LogP contribution in [-0.2, 0) is 19.4 Å². The highest BCUT2D eigenvalue weighted by atomic mass is 16.3. The third-order valence-corrected chi connectivity index (χ3v) is 2.15. The van der Waals surface area contributed by atoms with E-state index in [1.54, 1.807) is 0 Å². The predicted molar refractivity (Wildman–Crippen MR) is 53.5 cm³/mol. The second-order valence-electron chi connectivity index (χ2n) is 3.17. The smallest absolute Gasteiger partial charge is 0.0699 e. The minimum atomic E-state index is 0.103. The second kappa shape index (κ2) is 4.97. The molecule has 0 aromatic carbocycles. The van der Waals surface area contributed by atoms with Crippen LogP contribution in [0.3, 0.4) is 0 Å². The van der Waals surface area contributed by atoms with E-state index in [2.05, 4.69) is 18.8 Å². The quantitative estimate of drug-likeness (QED) is 0.767.